The van der Waals surface area contributed by atoms with E-state index in [1.54, 1.807) is 0 Å². The van der Waals surface area contributed by atoms with Crippen molar-refractivity contribution in [3.63, 3.8) is 0 Å². The number of hydrogen-bond acceptors (Lipinski definition) is 3. The summed E-state index contributed by atoms with van der Waals surface area (Å²) < 4.78 is 5.83. The Labute approximate surface area is 113 Å². The fourth-order valence-electron chi connectivity index (χ4n) is 2.45. The van der Waals surface area contributed by atoms with E-state index in [0.717, 1.165) is 25.6 Å². The summed E-state index contributed by atoms with van der Waals surface area (Å²) in [7, 11) is 2.21. The van der Waals surface area contributed by atoms with E-state index in [1.807, 2.05) is 0 Å². The molecular formula is C15H32N2O. The highest BCUT2D eigenvalue weighted by molar-refractivity contribution is 4.73. The summed E-state index contributed by atoms with van der Waals surface area (Å²) in [5.41, 5.74) is 0. The van der Waals surface area contributed by atoms with E-state index in [-0.39, 0.29) is 0 Å². The fraction of sp³-hybridized carbons (Fsp3) is 1.00. The maximum absolute atomic E-state index is 5.83. The van der Waals surface area contributed by atoms with Crippen LogP contribution >= 0.6 is 0 Å². The number of rotatable bonds is 7. The van der Waals surface area contributed by atoms with Gasteiger partial charge in [0.2, 0.25) is 0 Å². The first-order chi connectivity index (χ1) is 8.49. The molecule has 0 aliphatic carbocycles. The SMILES string of the molecule is CC(C)C[C@H]1CN(CCCN(C)C(C)C)CCO1. The highest BCUT2D eigenvalue weighted by Gasteiger charge is 2.20. The van der Waals surface area contributed by atoms with Crippen molar-refractivity contribution in [3.05, 3.63) is 0 Å². The lowest BCUT2D eigenvalue weighted by Crippen LogP contribution is -2.44. The first-order valence-corrected chi connectivity index (χ1v) is 7.53. The normalized spacial score (nSPS) is 22.3. The van der Waals surface area contributed by atoms with Gasteiger partial charge in [0.25, 0.3) is 0 Å². The molecule has 3 heteroatoms. The van der Waals surface area contributed by atoms with Crippen molar-refractivity contribution < 1.29 is 4.74 Å². The zero-order valence-corrected chi connectivity index (χ0v) is 13.0. The molecule has 18 heavy (non-hydrogen) atoms. The van der Waals surface area contributed by atoms with Crippen molar-refractivity contribution in [3.8, 4) is 0 Å². The minimum atomic E-state index is 0.460. The van der Waals surface area contributed by atoms with E-state index in [1.165, 1.54) is 25.9 Å². The lowest BCUT2D eigenvalue weighted by Gasteiger charge is -2.34. The Bertz CT molecular complexity index is 219. The molecule has 1 atom stereocenters. The van der Waals surface area contributed by atoms with Gasteiger partial charge in [-0.1, -0.05) is 13.8 Å². The quantitative estimate of drug-likeness (QED) is 0.696. The Morgan fingerprint density at radius 1 is 1.28 bits per heavy atom. The van der Waals surface area contributed by atoms with E-state index in [2.05, 4.69) is 44.5 Å². The van der Waals surface area contributed by atoms with Gasteiger partial charge in [-0.3, -0.25) is 4.90 Å². The molecule has 0 amide bonds. The Morgan fingerprint density at radius 3 is 2.61 bits per heavy atom. The van der Waals surface area contributed by atoms with Crippen molar-refractivity contribution in [1.82, 2.24) is 9.80 Å². The maximum atomic E-state index is 5.83. The maximum Gasteiger partial charge on any atom is 0.0705 e. The molecule has 0 N–H and O–H groups in total. The van der Waals surface area contributed by atoms with Crippen LogP contribution in [0.25, 0.3) is 0 Å². The molecular weight excluding hydrogens is 224 g/mol. The van der Waals surface area contributed by atoms with Gasteiger partial charge in [-0.25, -0.2) is 0 Å². The second-order valence-electron chi connectivity index (χ2n) is 6.35. The monoisotopic (exact) mass is 256 g/mol. The first kappa shape index (κ1) is 15.9. The van der Waals surface area contributed by atoms with E-state index in [0.29, 0.717) is 12.1 Å². The summed E-state index contributed by atoms with van der Waals surface area (Å²) in [6, 6.07) is 0.656. The van der Waals surface area contributed by atoms with Gasteiger partial charge in [0, 0.05) is 19.1 Å². The zero-order chi connectivity index (χ0) is 13.5. The highest BCUT2D eigenvalue weighted by atomic mass is 16.5. The number of ether oxygens (including phenoxy) is 1. The van der Waals surface area contributed by atoms with Crippen molar-refractivity contribution in [2.75, 3.05) is 39.8 Å². The molecule has 1 saturated heterocycles. The van der Waals surface area contributed by atoms with Crippen LogP contribution in [-0.4, -0.2) is 61.8 Å². The lowest BCUT2D eigenvalue weighted by molar-refractivity contribution is -0.0379. The Balaban J connectivity index is 2.18. The largest absolute Gasteiger partial charge is 0.376 e. The predicted molar refractivity (Wildman–Crippen MR) is 78.0 cm³/mol. The van der Waals surface area contributed by atoms with Crippen LogP contribution in [0.5, 0.6) is 0 Å². The summed E-state index contributed by atoms with van der Waals surface area (Å²) in [4.78, 5) is 5.00. The fourth-order valence-corrected chi connectivity index (χ4v) is 2.45. The van der Waals surface area contributed by atoms with Crippen molar-refractivity contribution in [2.24, 2.45) is 5.92 Å². The van der Waals surface area contributed by atoms with Crippen molar-refractivity contribution >= 4 is 0 Å². The summed E-state index contributed by atoms with van der Waals surface area (Å²) >= 11 is 0. The smallest absolute Gasteiger partial charge is 0.0705 e. The number of morpholine rings is 1. The Hall–Kier alpha value is -0.120. The number of nitrogens with zero attached hydrogens (tertiary/aromatic N) is 2. The molecule has 0 saturated carbocycles. The summed E-state index contributed by atoms with van der Waals surface area (Å²) in [6.07, 6.45) is 2.92. The molecule has 1 rings (SSSR count). The van der Waals surface area contributed by atoms with Crippen LogP contribution in [0.4, 0.5) is 0 Å². The second kappa shape index (κ2) is 8.13. The standard InChI is InChI=1S/C15H32N2O/c1-13(2)11-15-12-17(9-10-18-15)8-6-7-16(5)14(3)4/h13-15H,6-12H2,1-5H3/t15-/m0/s1. The molecule has 0 unspecified atom stereocenters. The van der Waals surface area contributed by atoms with Crippen LogP contribution in [0.2, 0.25) is 0 Å². The second-order valence-corrected chi connectivity index (χ2v) is 6.35. The topological polar surface area (TPSA) is 15.7 Å². The lowest BCUT2D eigenvalue weighted by atomic mass is 10.0. The van der Waals surface area contributed by atoms with E-state index >= 15 is 0 Å². The van der Waals surface area contributed by atoms with Crippen LogP contribution in [0.3, 0.4) is 0 Å². The average molecular weight is 256 g/mol. The molecule has 0 aromatic rings. The molecule has 0 radical (unpaired) electrons. The third kappa shape index (κ3) is 6.17. The van der Waals surface area contributed by atoms with Crippen LogP contribution in [-0.2, 0) is 4.74 Å². The third-order valence-corrected chi connectivity index (χ3v) is 3.82. The number of hydrogen-bond donors (Lipinski definition) is 0. The van der Waals surface area contributed by atoms with Gasteiger partial charge in [0.15, 0.2) is 0 Å². The van der Waals surface area contributed by atoms with Gasteiger partial charge >= 0.3 is 0 Å². The summed E-state index contributed by atoms with van der Waals surface area (Å²) in [5, 5.41) is 0. The van der Waals surface area contributed by atoms with Gasteiger partial charge < -0.3 is 9.64 Å². The van der Waals surface area contributed by atoms with Gasteiger partial charge in [-0.2, -0.15) is 0 Å². The Morgan fingerprint density at radius 2 is 2.00 bits per heavy atom. The third-order valence-electron chi connectivity index (χ3n) is 3.82. The minimum absolute atomic E-state index is 0.460. The van der Waals surface area contributed by atoms with Crippen molar-refractivity contribution in [2.45, 2.75) is 52.7 Å². The van der Waals surface area contributed by atoms with E-state index in [4.69, 9.17) is 4.74 Å². The molecule has 1 heterocycles. The van der Waals surface area contributed by atoms with Crippen LogP contribution in [0.15, 0.2) is 0 Å². The van der Waals surface area contributed by atoms with Crippen LogP contribution < -0.4 is 0 Å². The molecule has 1 aliphatic heterocycles. The molecule has 108 valence electrons. The van der Waals surface area contributed by atoms with Crippen LogP contribution in [0.1, 0.15) is 40.5 Å². The summed E-state index contributed by atoms with van der Waals surface area (Å²) in [5.74, 6) is 0.738. The predicted octanol–water partition coefficient (Wildman–Crippen LogP) is 2.46. The van der Waals surface area contributed by atoms with Gasteiger partial charge in [0.1, 0.15) is 0 Å². The Kier molecular flexibility index (Phi) is 7.20. The van der Waals surface area contributed by atoms with Gasteiger partial charge in [0.05, 0.1) is 12.7 Å². The molecule has 0 aromatic heterocycles. The van der Waals surface area contributed by atoms with Crippen molar-refractivity contribution in [1.29, 1.82) is 0 Å². The highest BCUT2D eigenvalue weighted by Crippen LogP contribution is 2.14. The summed E-state index contributed by atoms with van der Waals surface area (Å²) in [6.45, 7) is 14.6. The average Bonchev–Trinajstić information content (AvgIpc) is 2.28. The molecule has 1 fully saturated rings. The molecule has 3 nitrogen and oxygen atoms in total. The minimum Gasteiger partial charge on any atom is -0.376 e. The molecule has 0 spiro atoms. The molecule has 1 aliphatic rings. The molecule has 0 bridgehead atoms. The van der Waals surface area contributed by atoms with E-state index < -0.39 is 0 Å². The van der Waals surface area contributed by atoms with Gasteiger partial charge in [-0.05, 0) is 52.7 Å². The molecule has 0 aromatic carbocycles. The zero-order valence-electron chi connectivity index (χ0n) is 13.0. The first-order valence-electron chi connectivity index (χ1n) is 7.53. The van der Waals surface area contributed by atoms with E-state index in [9.17, 15) is 0 Å². The van der Waals surface area contributed by atoms with Crippen LogP contribution in [0, 0.1) is 5.92 Å². The van der Waals surface area contributed by atoms with Gasteiger partial charge in [-0.15, -0.1) is 0 Å².